The van der Waals surface area contributed by atoms with E-state index in [1.54, 1.807) is 0 Å². The molecule has 16 heavy (non-hydrogen) atoms. The number of dihydropyridines is 1. The second-order valence-corrected chi connectivity index (χ2v) is 3.98. The van der Waals surface area contributed by atoms with Crippen LogP contribution in [0.25, 0.3) is 0 Å². The van der Waals surface area contributed by atoms with Crippen LogP contribution in [0.1, 0.15) is 55.4 Å². The molecule has 0 radical (unpaired) electrons. The van der Waals surface area contributed by atoms with Crippen LogP contribution in [0, 0.1) is 0 Å². The average molecular weight is 227 g/mol. The van der Waals surface area contributed by atoms with Gasteiger partial charge in [0.25, 0.3) is 0 Å². The zero-order valence-electron chi connectivity index (χ0n) is 12.2. The van der Waals surface area contributed by atoms with Gasteiger partial charge in [0.2, 0.25) is 0 Å². The predicted molar refractivity (Wildman–Crippen MR) is 73.4 cm³/mol. The second kappa shape index (κ2) is 8.40. The van der Waals surface area contributed by atoms with E-state index in [0.717, 1.165) is 0 Å². The van der Waals surface area contributed by atoms with Crippen molar-refractivity contribution in [3.63, 3.8) is 0 Å². The number of hydrogen-bond acceptors (Lipinski definition) is 2. The summed E-state index contributed by atoms with van der Waals surface area (Å²) in [6.45, 7) is 15.7. The van der Waals surface area contributed by atoms with Crippen molar-refractivity contribution in [3.8, 4) is 0 Å². The molecular formula is C14H29NO. The fourth-order valence-electron chi connectivity index (χ4n) is 1.17. The van der Waals surface area contributed by atoms with Gasteiger partial charge >= 0.3 is 0 Å². The molecule has 0 aromatic carbocycles. The van der Waals surface area contributed by atoms with Gasteiger partial charge in [-0.05, 0) is 38.8 Å². The van der Waals surface area contributed by atoms with Crippen LogP contribution in [-0.4, -0.2) is 16.7 Å². The third-order valence-electron chi connectivity index (χ3n) is 2.28. The minimum atomic E-state index is -0.696. The van der Waals surface area contributed by atoms with E-state index in [9.17, 15) is 5.11 Å². The van der Waals surface area contributed by atoms with Crippen LogP contribution in [0.15, 0.2) is 23.4 Å². The van der Waals surface area contributed by atoms with Crippen LogP contribution in [0.4, 0.5) is 0 Å². The molecule has 0 spiro atoms. The summed E-state index contributed by atoms with van der Waals surface area (Å²) < 4.78 is 0. The first kappa shape index (κ1) is 17.6. The Morgan fingerprint density at radius 3 is 1.81 bits per heavy atom. The van der Waals surface area contributed by atoms with Gasteiger partial charge in [0.1, 0.15) is 0 Å². The van der Waals surface area contributed by atoms with Crippen LogP contribution in [0.3, 0.4) is 0 Å². The minimum absolute atomic E-state index is 0.0289. The number of rotatable bonds is 1. The highest BCUT2D eigenvalue weighted by Crippen LogP contribution is 2.19. The quantitative estimate of drug-likeness (QED) is 0.717. The Balaban J connectivity index is 0. The van der Waals surface area contributed by atoms with Crippen molar-refractivity contribution < 1.29 is 5.11 Å². The summed E-state index contributed by atoms with van der Waals surface area (Å²) in [5, 5.41) is 12.9. The Kier molecular flexibility index (Phi) is 9.25. The van der Waals surface area contributed by atoms with E-state index < -0.39 is 5.60 Å². The summed E-state index contributed by atoms with van der Waals surface area (Å²) in [4.78, 5) is 0. The highest BCUT2D eigenvalue weighted by atomic mass is 16.3. The zero-order chi connectivity index (χ0) is 13.4. The summed E-state index contributed by atoms with van der Waals surface area (Å²) in [7, 11) is 0. The maximum absolute atomic E-state index is 9.71. The molecule has 1 aliphatic heterocycles. The van der Waals surface area contributed by atoms with Crippen LogP contribution in [0.2, 0.25) is 0 Å². The predicted octanol–water partition coefficient (Wildman–Crippen LogP) is 3.63. The Morgan fingerprint density at radius 1 is 1.06 bits per heavy atom. The molecule has 2 N–H and O–H groups in total. The average Bonchev–Trinajstić information content (AvgIpc) is 2.26. The van der Waals surface area contributed by atoms with E-state index in [1.807, 2.05) is 47.7 Å². The van der Waals surface area contributed by atoms with Crippen molar-refractivity contribution in [1.82, 2.24) is 5.32 Å². The smallest absolute Gasteiger partial charge is 0.0827 e. The Bertz CT molecular complexity index is 234. The van der Waals surface area contributed by atoms with Crippen LogP contribution in [0.5, 0.6) is 0 Å². The molecule has 0 aromatic rings. The van der Waals surface area contributed by atoms with Crippen molar-refractivity contribution in [3.05, 3.63) is 23.4 Å². The molecule has 0 aromatic heterocycles. The summed E-state index contributed by atoms with van der Waals surface area (Å²) in [5.74, 6) is 0. The molecule has 0 saturated heterocycles. The Labute approximate surface area is 101 Å². The van der Waals surface area contributed by atoms with Gasteiger partial charge < -0.3 is 10.4 Å². The zero-order valence-corrected chi connectivity index (χ0v) is 12.2. The first-order valence-corrected chi connectivity index (χ1v) is 6.25. The molecule has 0 bridgehead atoms. The van der Waals surface area contributed by atoms with Gasteiger partial charge in [-0.2, -0.15) is 0 Å². The molecule has 1 unspecified atom stereocenters. The van der Waals surface area contributed by atoms with Crippen molar-refractivity contribution >= 4 is 0 Å². The van der Waals surface area contributed by atoms with Gasteiger partial charge in [0.05, 0.1) is 11.6 Å². The number of allylic oxidation sites excluding steroid dienone is 2. The third kappa shape index (κ3) is 5.96. The molecule has 0 saturated carbocycles. The molecule has 96 valence electrons. The topological polar surface area (TPSA) is 32.3 Å². The van der Waals surface area contributed by atoms with Gasteiger partial charge in [-0.15, -0.1) is 0 Å². The van der Waals surface area contributed by atoms with Crippen molar-refractivity contribution in [2.75, 3.05) is 0 Å². The van der Waals surface area contributed by atoms with Crippen LogP contribution >= 0.6 is 0 Å². The molecule has 1 atom stereocenters. The summed E-state index contributed by atoms with van der Waals surface area (Å²) in [6.07, 6.45) is 4.02. The molecule has 2 nitrogen and oxygen atoms in total. The summed E-state index contributed by atoms with van der Waals surface area (Å²) >= 11 is 0. The minimum Gasteiger partial charge on any atom is -0.388 e. The van der Waals surface area contributed by atoms with Gasteiger partial charge in [0, 0.05) is 6.20 Å². The number of hydrogen-bond donors (Lipinski definition) is 2. The van der Waals surface area contributed by atoms with E-state index in [-0.39, 0.29) is 6.04 Å². The third-order valence-corrected chi connectivity index (χ3v) is 2.28. The lowest BCUT2D eigenvalue weighted by molar-refractivity contribution is 0.0581. The van der Waals surface area contributed by atoms with E-state index in [1.165, 1.54) is 11.1 Å². The normalized spacial score (nSPS) is 18.9. The molecule has 0 aliphatic carbocycles. The monoisotopic (exact) mass is 227 g/mol. The highest BCUT2D eigenvalue weighted by Gasteiger charge is 2.25. The highest BCUT2D eigenvalue weighted by molar-refractivity contribution is 5.32. The fraction of sp³-hybridized carbons (Fsp3) is 0.714. The van der Waals surface area contributed by atoms with E-state index in [4.69, 9.17) is 0 Å². The van der Waals surface area contributed by atoms with Crippen LogP contribution < -0.4 is 5.32 Å². The maximum Gasteiger partial charge on any atom is 0.0827 e. The Hall–Kier alpha value is -0.760. The summed E-state index contributed by atoms with van der Waals surface area (Å²) in [5.41, 5.74) is 1.77. The van der Waals surface area contributed by atoms with Crippen molar-refractivity contribution in [2.45, 2.75) is 67.0 Å². The van der Waals surface area contributed by atoms with Crippen molar-refractivity contribution in [2.24, 2.45) is 0 Å². The second-order valence-electron chi connectivity index (χ2n) is 3.98. The standard InChI is InChI=1S/C10H17NO.2C2H6/c1-7-5-9(10(3,4)12)11-6-8(7)2;2*1-2/h5-6,9,11-12H,1-4H3;2*1-2H3. The summed E-state index contributed by atoms with van der Waals surface area (Å²) in [6, 6.07) is 0.0289. The van der Waals surface area contributed by atoms with Crippen molar-refractivity contribution in [1.29, 1.82) is 0 Å². The van der Waals surface area contributed by atoms with Gasteiger partial charge in [-0.3, -0.25) is 0 Å². The van der Waals surface area contributed by atoms with Gasteiger partial charge in [0.15, 0.2) is 0 Å². The number of aliphatic hydroxyl groups is 1. The van der Waals surface area contributed by atoms with Gasteiger partial charge in [-0.25, -0.2) is 0 Å². The largest absolute Gasteiger partial charge is 0.388 e. The van der Waals surface area contributed by atoms with Gasteiger partial charge in [-0.1, -0.05) is 33.8 Å². The first-order chi connectivity index (χ1) is 7.41. The molecular weight excluding hydrogens is 198 g/mol. The lowest BCUT2D eigenvalue weighted by atomic mass is 9.93. The van der Waals surface area contributed by atoms with E-state index in [0.29, 0.717) is 0 Å². The SMILES string of the molecule is CC.CC.CC1=CNC(C(C)(C)O)C=C1C. The molecule has 1 rings (SSSR count). The first-order valence-electron chi connectivity index (χ1n) is 6.25. The van der Waals surface area contributed by atoms with E-state index in [2.05, 4.69) is 25.2 Å². The van der Waals surface area contributed by atoms with E-state index >= 15 is 0 Å². The number of nitrogens with one attached hydrogen (secondary N) is 1. The Morgan fingerprint density at radius 2 is 1.50 bits per heavy atom. The molecule has 0 fully saturated rings. The fourth-order valence-corrected chi connectivity index (χ4v) is 1.17. The molecule has 0 amide bonds. The molecule has 2 heteroatoms. The molecule has 1 heterocycles. The van der Waals surface area contributed by atoms with Crippen LogP contribution in [-0.2, 0) is 0 Å². The maximum atomic E-state index is 9.71. The lowest BCUT2D eigenvalue weighted by Gasteiger charge is -2.30. The lowest BCUT2D eigenvalue weighted by Crippen LogP contribution is -2.44. The molecule has 1 aliphatic rings.